The molecular weight excluding hydrogens is 521 g/mol. The maximum Gasteiger partial charge on any atom is 0.305 e. The van der Waals surface area contributed by atoms with Gasteiger partial charge >= 0.3 is 5.97 Å². The summed E-state index contributed by atoms with van der Waals surface area (Å²) in [7, 11) is 0. The molecule has 4 aromatic rings. The average Bonchev–Trinajstić information content (AvgIpc) is 3.43. The number of carboxylic acids is 1. The molecule has 3 aromatic heterocycles. The number of halogens is 2. The first kappa shape index (κ1) is 23.1. The predicted octanol–water partition coefficient (Wildman–Crippen LogP) is 3.44. The van der Waals surface area contributed by atoms with Gasteiger partial charge in [0.25, 0.3) is 0 Å². The molecule has 3 N–H and O–H groups in total. The Morgan fingerprint density at radius 2 is 2.11 bits per heavy atom. The Balaban J connectivity index is 1.36. The molecule has 1 aromatic carbocycles. The third kappa shape index (κ3) is 4.78. The molecule has 5 rings (SSSR count). The van der Waals surface area contributed by atoms with Gasteiger partial charge in [-0.15, -0.1) is 0 Å². The number of amides is 1. The van der Waals surface area contributed by atoms with E-state index in [1.54, 1.807) is 35.3 Å². The third-order valence-corrected chi connectivity index (χ3v) is 6.63. The van der Waals surface area contributed by atoms with E-state index >= 15 is 0 Å². The second-order valence-electron chi connectivity index (χ2n) is 8.42. The summed E-state index contributed by atoms with van der Waals surface area (Å²) in [5, 5.41) is 20.5. The first-order valence-corrected chi connectivity index (χ1v) is 11.9. The van der Waals surface area contributed by atoms with E-state index in [-0.39, 0.29) is 36.3 Å². The highest BCUT2D eigenvalue weighted by atomic mass is 79.9. The van der Waals surface area contributed by atoms with Gasteiger partial charge < -0.3 is 15.7 Å². The van der Waals surface area contributed by atoms with Crippen LogP contribution < -0.4 is 10.6 Å². The Labute approximate surface area is 207 Å². The van der Waals surface area contributed by atoms with E-state index in [1.807, 2.05) is 0 Å². The number of aromatic nitrogens is 5. The minimum atomic E-state index is -0.947. The zero-order valence-corrected chi connectivity index (χ0v) is 20.0. The van der Waals surface area contributed by atoms with E-state index in [0.717, 1.165) is 6.42 Å². The van der Waals surface area contributed by atoms with Crippen molar-refractivity contribution in [3.8, 4) is 5.69 Å². The predicted molar refractivity (Wildman–Crippen MR) is 130 cm³/mol. The van der Waals surface area contributed by atoms with Crippen LogP contribution in [0.1, 0.15) is 25.7 Å². The molecule has 1 saturated carbocycles. The number of anilines is 1. The molecule has 2 atom stereocenters. The minimum Gasteiger partial charge on any atom is -0.481 e. The lowest BCUT2D eigenvalue weighted by Gasteiger charge is -2.13. The zero-order valence-electron chi connectivity index (χ0n) is 18.4. The smallest absolute Gasteiger partial charge is 0.305 e. The Bertz CT molecular complexity index is 1440. The van der Waals surface area contributed by atoms with Crippen molar-refractivity contribution in [3.05, 3.63) is 47.1 Å². The van der Waals surface area contributed by atoms with Crippen LogP contribution in [0.3, 0.4) is 0 Å². The third-order valence-electron chi connectivity index (χ3n) is 6.04. The summed E-state index contributed by atoms with van der Waals surface area (Å²) in [4.78, 5) is 36.1. The van der Waals surface area contributed by atoms with Gasteiger partial charge in [-0.25, -0.2) is 14.1 Å². The lowest BCUT2D eigenvalue weighted by atomic mass is 10.1. The second-order valence-corrected chi connectivity index (χ2v) is 9.17. The molecule has 10 nitrogen and oxygen atoms in total. The molecule has 12 heteroatoms. The van der Waals surface area contributed by atoms with Crippen molar-refractivity contribution in [2.24, 2.45) is 5.92 Å². The number of carbonyl (C=O) groups excluding carboxylic acids is 1. The fourth-order valence-electron chi connectivity index (χ4n) is 4.34. The molecule has 1 fully saturated rings. The highest BCUT2D eigenvalue weighted by molar-refractivity contribution is 9.10. The number of nitrogens with zero attached hydrogens (tertiary/aromatic N) is 5. The van der Waals surface area contributed by atoms with Crippen molar-refractivity contribution in [2.75, 3.05) is 11.9 Å². The standard InChI is InChI=1S/C23H21BrFN7O3/c24-20-16-11-28-23(29-14-4-3-13(8-14)22(35)27-7-5-18(33)34)30-21(16)32(31-20)15-9-12-2-1-6-26-19(12)17(25)10-15/h1-2,6,9-11,13-14H,3-5,7-8H2,(H,27,35)(H,33,34)(H,28,29,30)/t13-,14-/m1/s1. The van der Waals surface area contributed by atoms with Gasteiger partial charge in [-0.2, -0.15) is 10.1 Å². The van der Waals surface area contributed by atoms with Gasteiger partial charge in [-0.3, -0.25) is 14.6 Å². The number of pyridine rings is 1. The molecule has 1 aliphatic carbocycles. The molecule has 1 aliphatic rings. The van der Waals surface area contributed by atoms with E-state index < -0.39 is 11.8 Å². The van der Waals surface area contributed by atoms with Crippen molar-refractivity contribution in [3.63, 3.8) is 0 Å². The monoisotopic (exact) mass is 541 g/mol. The Morgan fingerprint density at radius 1 is 1.26 bits per heavy atom. The first-order chi connectivity index (χ1) is 16.9. The molecule has 180 valence electrons. The van der Waals surface area contributed by atoms with Crippen LogP contribution in [0.2, 0.25) is 0 Å². The summed E-state index contributed by atoms with van der Waals surface area (Å²) < 4.78 is 16.8. The zero-order chi connectivity index (χ0) is 24.5. The fourth-order valence-corrected chi connectivity index (χ4v) is 4.78. The highest BCUT2D eigenvalue weighted by Gasteiger charge is 2.30. The molecule has 0 saturated heterocycles. The minimum absolute atomic E-state index is 0.00771. The normalized spacial score (nSPS) is 17.7. The Morgan fingerprint density at radius 3 is 2.94 bits per heavy atom. The molecule has 0 spiro atoms. The summed E-state index contributed by atoms with van der Waals surface area (Å²) in [6.45, 7) is 0.118. The van der Waals surface area contributed by atoms with E-state index in [4.69, 9.17) is 5.11 Å². The van der Waals surface area contributed by atoms with Crippen molar-refractivity contribution >= 4 is 55.7 Å². The number of nitrogens with one attached hydrogen (secondary N) is 2. The van der Waals surface area contributed by atoms with Gasteiger partial charge in [0.2, 0.25) is 11.9 Å². The molecule has 0 bridgehead atoms. The van der Waals surface area contributed by atoms with Crippen LogP contribution in [0.15, 0.2) is 41.3 Å². The number of fused-ring (bicyclic) bond motifs is 2. The van der Waals surface area contributed by atoms with Gasteiger partial charge in [0, 0.05) is 42.4 Å². The highest BCUT2D eigenvalue weighted by Crippen LogP contribution is 2.30. The maximum atomic E-state index is 14.7. The summed E-state index contributed by atoms with van der Waals surface area (Å²) in [5.41, 5.74) is 1.28. The molecule has 35 heavy (non-hydrogen) atoms. The Kier molecular flexibility index (Phi) is 6.29. The topological polar surface area (TPSA) is 135 Å². The number of carbonyl (C=O) groups is 2. The molecule has 0 radical (unpaired) electrons. The van der Waals surface area contributed by atoms with Gasteiger partial charge in [-0.1, -0.05) is 6.07 Å². The van der Waals surface area contributed by atoms with Crippen LogP contribution in [-0.2, 0) is 9.59 Å². The van der Waals surface area contributed by atoms with E-state index in [9.17, 15) is 14.0 Å². The number of hydrogen-bond acceptors (Lipinski definition) is 7. The first-order valence-electron chi connectivity index (χ1n) is 11.1. The van der Waals surface area contributed by atoms with Gasteiger partial charge in [0.15, 0.2) is 11.5 Å². The van der Waals surface area contributed by atoms with Gasteiger partial charge in [0.1, 0.15) is 10.1 Å². The lowest BCUT2D eigenvalue weighted by Crippen LogP contribution is -2.32. The van der Waals surface area contributed by atoms with Crippen LogP contribution in [0.25, 0.3) is 27.6 Å². The van der Waals surface area contributed by atoms with Crippen LogP contribution in [0.5, 0.6) is 0 Å². The van der Waals surface area contributed by atoms with Crippen molar-refractivity contribution in [2.45, 2.75) is 31.7 Å². The lowest BCUT2D eigenvalue weighted by molar-refractivity contribution is -0.137. The van der Waals surface area contributed by atoms with E-state index in [1.165, 1.54) is 6.07 Å². The van der Waals surface area contributed by atoms with Crippen LogP contribution in [0.4, 0.5) is 10.3 Å². The van der Waals surface area contributed by atoms with Crippen LogP contribution in [-0.4, -0.2) is 54.3 Å². The largest absolute Gasteiger partial charge is 0.481 e. The molecule has 0 aliphatic heterocycles. The van der Waals surface area contributed by atoms with E-state index in [2.05, 4.69) is 46.6 Å². The maximum absolute atomic E-state index is 14.7. The van der Waals surface area contributed by atoms with Gasteiger partial charge in [0.05, 0.1) is 17.5 Å². The number of benzene rings is 1. The van der Waals surface area contributed by atoms with Gasteiger partial charge in [-0.05, 0) is 47.3 Å². The molecular formula is C23H21BrFN7O3. The Hall–Kier alpha value is -3.67. The second kappa shape index (κ2) is 9.53. The van der Waals surface area contributed by atoms with E-state index in [0.29, 0.717) is 45.5 Å². The number of carboxylic acid groups (broad SMARTS) is 1. The SMILES string of the molecule is O=C(O)CCNC(=O)[C@@H]1CC[C@@H](Nc2ncc3c(Br)nn(-c4cc(F)c5ncccc5c4)c3n2)C1. The molecule has 1 amide bonds. The fraction of sp³-hybridized carbons (Fsp3) is 0.304. The summed E-state index contributed by atoms with van der Waals surface area (Å²) >= 11 is 3.43. The average molecular weight is 542 g/mol. The number of aliphatic carboxylic acids is 1. The van der Waals surface area contributed by atoms with Crippen molar-refractivity contribution in [1.82, 2.24) is 30.0 Å². The quantitative estimate of drug-likeness (QED) is 0.323. The van der Waals surface area contributed by atoms with Crippen molar-refractivity contribution < 1.29 is 19.1 Å². The van der Waals surface area contributed by atoms with Crippen LogP contribution >= 0.6 is 15.9 Å². The number of hydrogen-bond donors (Lipinski definition) is 3. The summed E-state index contributed by atoms with van der Waals surface area (Å²) in [6, 6.07) is 6.68. The number of rotatable bonds is 7. The summed E-state index contributed by atoms with van der Waals surface area (Å²) in [6.07, 6.45) is 5.11. The molecule has 3 heterocycles. The van der Waals surface area contributed by atoms with Crippen LogP contribution in [0, 0.1) is 11.7 Å². The molecule has 0 unspecified atom stereocenters. The van der Waals surface area contributed by atoms with Crippen molar-refractivity contribution in [1.29, 1.82) is 0 Å². The summed E-state index contributed by atoms with van der Waals surface area (Å²) in [5.74, 6) is -1.35.